The monoisotopic (exact) mass is 416 g/mol. The van der Waals surface area contributed by atoms with Crippen molar-refractivity contribution in [1.82, 2.24) is 19.7 Å². The van der Waals surface area contributed by atoms with Gasteiger partial charge in [0.25, 0.3) is 0 Å². The fraction of sp³-hybridized carbons (Fsp3) is 0.300. The highest BCUT2D eigenvalue weighted by molar-refractivity contribution is 5.80. The number of methoxy groups -OCH3 is 1. The molecule has 0 saturated heterocycles. The van der Waals surface area contributed by atoms with Crippen LogP contribution in [0.3, 0.4) is 0 Å². The Morgan fingerprint density at radius 2 is 2.03 bits per heavy atom. The molecule has 2 heterocycles. The average molecular weight is 416 g/mol. The second-order valence-electron chi connectivity index (χ2n) is 6.60. The van der Waals surface area contributed by atoms with E-state index in [4.69, 9.17) is 10.5 Å². The van der Waals surface area contributed by atoms with Crippen LogP contribution in [-0.4, -0.2) is 52.3 Å². The normalized spacial score (nSPS) is 10.8. The maximum Gasteiger partial charge on any atom is 0.212 e. The number of halogens is 2. The van der Waals surface area contributed by atoms with Gasteiger partial charge in [-0.05, 0) is 13.0 Å². The molecule has 0 fully saturated rings. The summed E-state index contributed by atoms with van der Waals surface area (Å²) in [7, 11) is 1.46. The number of anilines is 1. The molecule has 8 nitrogen and oxygen atoms in total. The van der Waals surface area contributed by atoms with Gasteiger partial charge in [0.05, 0.1) is 26.4 Å². The second-order valence-corrected chi connectivity index (χ2v) is 6.60. The quantitative estimate of drug-likeness (QED) is 0.570. The molecule has 0 bridgehead atoms. The number of aromatic nitrogens is 4. The number of benzene rings is 1. The Bertz CT molecular complexity index is 1040. The molecule has 10 heteroatoms. The molecule has 0 spiro atoms. The third-order valence-electron chi connectivity index (χ3n) is 4.30. The van der Waals surface area contributed by atoms with Crippen LogP contribution >= 0.6 is 0 Å². The first-order valence-corrected chi connectivity index (χ1v) is 9.25. The number of carbonyl (C=O) groups excluding carboxylic acids is 1. The van der Waals surface area contributed by atoms with E-state index in [-0.39, 0.29) is 49.4 Å². The van der Waals surface area contributed by atoms with E-state index in [1.54, 1.807) is 24.3 Å². The Hall–Kier alpha value is -3.40. The lowest BCUT2D eigenvalue weighted by molar-refractivity contribution is -0.115. The molecule has 0 amide bonds. The summed E-state index contributed by atoms with van der Waals surface area (Å²) in [6.45, 7) is 1.97. The van der Waals surface area contributed by atoms with Gasteiger partial charge >= 0.3 is 0 Å². The minimum absolute atomic E-state index is 0.0321. The number of ether oxygens (including phenoxy) is 1. The SMILES string of the molecule is COc1cc(-c2ncc(F)c(N(CCN)CC(C)=O)n2)nn1Cc1ccccc1F. The molecule has 3 rings (SSSR count). The van der Waals surface area contributed by atoms with E-state index < -0.39 is 5.82 Å². The van der Waals surface area contributed by atoms with Gasteiger partial charge in [0, 0.05) is 24.7 Å². The average Bonchev–Trinajstić information content (AvgIpc) is 3.12. The number of nitrogens with zero attached hydrogens (tertiary/aromatic N) is 5. The molecule has 0 unspecified atom stereocenters. The van der Waals surface area contributed by atoms with E-state index >= 15 is 0 Å². The van der Waals surface area contributed by atoms with Crippen LogP contribution in [0.5, 0.6) is 5.88 Å². The Morgan fingerprint density at radius 1 is 1.27 bits per heavy atom. The predicted molar refractivity (Wildman–Crippen MR) is 107 cm³/mol. The van der Waals surface area contributed by atoms with Gasteiger partial charge in [-0.15, -0.1) is 0 Å². The van der Waals surface area contributed by atoms with Gasteiger partial charge in [0.2, 0.25) is 5.88 Å². The molecule has 0 radical (unpaired) electrons. The summed E-state index contributed by atoms with van der Waals surface area (Å²) >= 11 is 0. The summed E-state index contributed by atoms with van der Waals surface area (Å²) < 4.78 is 35.2. The Labute approximate surface area is 172 Å². The first kappa shape index (κ1) is 21.3. The van der Waals surface area contributed by atoms with Crippen LogP contribution in [0.1, 0.15) is 12.5 Å². The smallest absolute Gasteiger partial charge is 0.212 e. The number of rotatable bonds is 9. The third-order valence-corrected chi connectivity index (χ3v) is 4.30. The number of carbonyl (C=O) groups is 1. The van der Waals surface area contributed by atoms with Crippen molar-refractivity contribution in [2.75, 3.05) is 31.6 Å². The Morgan fingerprint density at radius 3 is 2.70 bits per heavy atom. The van der Waals surface area contributed by atoms with Crippen molar-refractivity contribution in [1.29, 1.82) is 0 Å². The number of ketones is 1. The van der Waals surface area contributed by atoms with Gasteiger partial charge in [0.1, 0.15) is 17.3 Å². The molecule has 2 N–H and O–H groups in total. The zero-order valence-electron chi connectivity index (χ0n) is 16.7. The maximum absolute atomic E-state index is 14.4. The fourth-order valence-electron chi connectivity index (χ4n) is 2.96. The predicted octanol–water partition coefficient (Wildman–Crippen LogP) is 2.03. The summed E-state index contributed by atoms with van der Waals surface area (Å²) in [6, 6.07) is 7.92. The summed E-state index contributed by atoms with van der Waals surface area (Å²) in [6.07, 6.45) is 1.02. The van der Waals surface area contributed by atoms with Crippen molar-refractivity contribution in [2.24, 2.45) is 5.73 Å². The second kappa shape index (κ2) is 9.40. The largest absolute Gasteiger partial charge is 0.481 e. The van der Waals surface area contributed by atoms with Crippen molar-refractivity contribution in [2.45, 2.75) is 13.5 Å². The Kier molecular flexibility index (Phi) is 6.68. The van der Waals surface area contributed by atoms with Gasteiger partial charge in [-0.2, -0.15) is 5.10 Å². The van der Waals surface area contributed by atoms with Gasteiger partial charge in [-0.1, -0.05) is 18.2 Å². The lowest BCUT2D eigenvalue weighted by Crippen LogP contribution is -2.35. The molecular formula is C20H22F2N6O2. The van der Waals surface area contributed by atoms with Crippen LogP contribution in [-0.2, 0) is 11.3 Å². The maximum atomic E-state index is 14.4. The summed E-state index contributed by atoms with van der Waals surface area (Å²) in [5.41, 5.74) is 6.34. The highest BCUT2D eigenvalue weighted by Crippen LogP contribution is 2.25. The lowest BCUT2D eigenvalue weighted by Gasteiger charge is -2.22. The van der Waals surface area contributed by atoms with Gasteiger partial charge in [-0.25, -0.2) is 23.4 Å². The molecular weight excluding hydrogens is 394 g/mol. The highest BCUT2D eigenvalue weighted by Gasteiger charge is 2.19. The number of nitrogens with two attached hydrogens (primary N) is 1. The van der Waals surface area contributed by atoms with Gasteiger partial charge in [0.15, 0.2) is 17.5 Å². The van der Waals surface area contributed by atoms with Crippen molar-refractivity contribution < 1.29 is 18.3 Å². The summed E-state index contributed by atoms with van der Waals surface area (Å²) in [5, 5.41) is 4.39. The third kappa shape index (κ3) is 4.77. The first-order valence-electron chi connectivity index (χ1n) is 9.25. The van der Waals surface area contributed by atoms with Gasteiger partial charge < -0.3 is 15.4 Å². The molecule has 3 aromatic rings. The summed E-state index contributed by atoms with van der Waals surface area (Å²) in [4.78, 5) is 21.3. The van der Waals surface area contributed by atoms with Crippen LogP contribution in [0.2, 0.25) is 0 Å². The zero-order chi connectivity index (χ0) is 21.7. The van der Waals surface area contributed by atoms with E-state index in [9.17, 15) is 13.6 Å². The number of hydrogen-bond donors (Lipinski definition) is 1. The van der Waals surface area contributed by atoms with Crippen molar-refractivity contribution in [3.05, 3.63) is 53.7 Å². The molecule has 0 atom stereocenters. The van der Waals surface area contributed by atoms with E-state index in [0.29, 0.717) is 17.1 Å². The topological polar surface area (TPSA) is 99.2 Å². The minimum Gasteiger partial charge on any atom is -0.481 e. The van der Waals surface area contributed by atoms with E-state index in [2.05, 4.69) is 15.1 Å². The minimum atomic E-state index is -0.675. The van der Waals surface area contributed by atoms with Crippen molar-refractivity contribution in [3.8, 4) is 17.4 Å². The molecule has 0 saturated carbocycles. The fourth-order valence-corrected chi connectivity index (χ4v) is 2.96. The molecule has 30 heavy (non-hydrogen) atoms. The Balaban J connectivity index is 1.97. The first-order chi connectivity index (χ1) is 14.4. The van der Waals surface area contributed by atoms with Crippen LogP contribution in [0, 0.1) is 11.6 Å². The van der Waals surface area contributed by atoms with Gasteiger partial charge in [-0.3, -0.25) is 4.79 Å². The van der Waals surface area contributed by atoms with Crippen molar-refractivity contribution >= 4 is 11.6 Å². The highest BCUT2D eigenvalue weighted by atomic mass is 19.1. The lowest BCUT2D eigenvalue weighted by atomic mass is 10.2. The zero-order valence-corrected chi connectivity index (χ0v) is 16.7. The van der Waals surface area contributed by atoms with Crippen LogP contribution in [0.4, 0.5) is 14.6 Å². The van der Waals surface area contributed by atoms with Crippen LogP contribution in [0.25, 0.3) is 11.5 Å². The standard InChI is InChI=1S/C20H22F2N6O2/c1-13(29)11-27(8-7-23)20-16(22)10-24-19(25-20)17-9-18(30-2)28(26-17)12-14-5-3-4-6-15(14)21/h3-6,9-10H,7-8,11-12,23H2,1-2H3. The number of hydrogen-bond acceptors (Lipinski definition) is 7. The van der Waals surface area contributed by atoms with E-state index in [0.717, 1.165) is 6.20 Å². The van der Waals surface area contributed by atoms with Crippen LogP contribution in [0.15, 0.2) is 36.5 Å². The van der Waals surface area contributed by atoms with E-state index in [1.807, 2.05) is 0 Å². The van der Waals surface area contributed by atoms with Crippen LogP contribution < -0.4 is 15.4 Å². The number of Topliss-reactive ketones (excluding diaryl/α,β-unsaturated/α-hetero) is 1. The molecule has 0 aliphatic rings. The molecule has 1 aromatic carbocycles. The molecule has 0 aliphatic heterocycles. The molecule has 2 aromatic heterocycles. The van der Waals surface area contributed by atoms with E-state index in [1.165, 1.54) is 29.7 Å². The summed E-state index contributed by atoms with van der Waals surface area (Å²) in [5.74, 6) is -0.722. The molecule has 0 aliphatic carbocycles. The van der Waals surface area contributed by atoms with Crippen molar-refractivity contribution in [3.63, 3.8) is 0 Å². The molecule has 158 valence electrons.